The number of carboxylic acid groups (broad SMARTS) is 1. The van der Waals surface area contributed by atoms with Crippen molar-refractivity contribution < 1.29 is 30.0 Å². The second-order valence-corrected chi connectivity index (χ2v) is 12.9. The standard InChI is InChI=1S/C29H45NO6/c1-5-6-22(27(35)36)30-25(34)10-7-16(2)19-8-9-20-26-21(15-24(33)29(19,20)4)28(3)12-11-18(31)13-17(28)14-23(26)32/h1,16-24,26,31-33H,6-15H2,2-4H3,(H,30,34)(H,35,36)/t16-,17+,18-,19-,20+,21+,22?,23-,24+,26+,28+,29-/m1/s1. The summed E-state index contributed by atoms with van der Waals surface area (Å²) in [6.07, 6.45) is 10.7. The van der Waals surface area contributed by atoms with Crippen molar-refractivity contribution >= 4 is 11.9 Å². The molecule has 0 aromatic carbocycles. The molecule has 0 radical (unpaired) electrons. The molecule has 4 aliphatic rings. The van der Waals surface area contributed by atoms with Gasteiger partial charge in [0.2, 0.25) is 5.91 Å². The molecule has 0 aromatic rings. The molecule has 0 bridgehead atoms. The molecule has 1 amide bonds. The van der Waals surface area contributed by atoms with E-state index in [0.29, 0.717) is 18.8 Å². The molecule has 7 nitrogen and oxygen atoms in total. The smallest absolute Gasteiger partial charge is 0.327 e. The molecular weight excluding hydrogens is 458 g/mol. The lowest BCUT2D eigenvalue weighted by Crippen LogP contribution is -2.62. The number of carbonyl (C=O) groups is 2. The molecule has 4 aliphatic carbocycles. The topological polar surface area (TPSA) is 127 Å². The van der Waals surface area contributed by atoms with Gasteiger partial charge in [0.25, 0.3) is 0 Å². The molecule has 0 heterocycles. The summed E-state index contributed by atoms with van der Waals surface area (Å²) in [4.78, 5) is 23.8. The van der Waals surface area contributed by atoms with Gasteiger partial charge in [0.1, 0.15) is 6.04 Å². The van der Waals surface area contributed by atoms with Gasteiger partial charge in [-0.1, -0.05) is 20.8 Å². The van der Waals surface area contributed by atoms with Crippen molar-refractivity contribution in [1.29, 1.82) is 0 Å². The molecule has 12 atom stereocenters. The third-order valence-corrected chi connectivity index (χ3v) is 11.3. The van der Waals surface area contributed by atoms with Crippen LogP contribution in [0.2, 0.25) is 0 Å². The largest absolute Gasteiger partial charge is 0.480 e. The van der Waals surface area contributed by atoms with Crippen LogP contribution in [0.4, 0.5) is 0 Å². The average Bonchev–Trinajstić information content (AvgIpc) is 3.17. The highest BCUT2D eigenvalue weighted by atomic mass is 16.4. The lowest BCUT2D eigenvalue weighted by Gasteiger charge is -2.63. The summed E-state index contributed by atoms with van der Waals surface area (Å²) in [5.41, 5.74) is -0.269. The zero-order valence-corrected chi connectivity index (χ0v) is 22.0. The molecule has 4 fully saturated rings. The van der Waals surface area contributed by atoms with Crippen LogP contribution in [0.3, 0.4) is 0 Å². The number of nitrogens with one attached hydrogen (secondary N) is 1. The predicted octanol–water partition coefficient (Wildman–Crippen LogP) is 2.96. The number of carboxylic acids is 1. The van der Waals surface area contributed by atoms with Crippen LogP contribution in [0.1, 0.15) is 85.0 Å². The molecule has 0 saturated heterocycles. The molecule has 7 heteroatoms. The van der Waals surface area contributed by atoms with Crippen LogP contribution in [0.15, 0.2) is 0 Å². The van der Waals surface area contributed by atoms with Crippen molar-refractivity contribution in [2.45, 2.75) is 109 Å². The fraction of sp³-hybridized carbons (Fsp3) is 0.862. The van der Waals surface area contributed by atoms with Crippen molar-refractivity contribution in [2.24, 2.45) is 46.3 Å². The molecule has 36 heavy (non-hydrogen) atoms. The number of aliphatic hydroxyl groups is 3. The monoisotopic (exact) mass is 503 g/mol. The van der Waals surface area contributed by atoms with Crippen LogP contribution in [0.25, 0.3) is 0 Å². The van der Waals surface area contributed by atoms with E-state index in [1.54, 1.807) is 0 Å². The molecule has 5 N–H and O–H groups in total. The van der Waals surface area contributed by atoms with Crippen molar-refractivity contribution in [3.8, 4) is 12.3 Å². The van der Waals surface area contributed by atoms with Gasteiger partial charge in [-0.3, -0.25) is 4.79 Å². The quantitative estimate of drug-likeness (QED) is 0.340. The summed E-state index contributed by atoms with van der Waals surface area (Å²) < 4.78 is 0. The fourth-order valence-corrected chi connectivity index (χ4v) is 9.28. The first-order valence-corrected chi connectivity index (χ1v) is 13.9. The number of aliphatic carboxylic acids is 1. The predicted molar refractivity (Wildman–Crippen MR) is 135 cm³/mol. The molecule has 0 aliphatic heterocycles. The van der Waals surface area contributed by atoms with Crippen LogP contribution in [0.5, 0.6) is 0 Å². The third kappa shape index (κ3) is 4.59. The summed E-state index contributed by atoms with van der Waals surface area (Å²) in [5, 5.41) is 45.1. The van der Waals surface area contributed by atoms with Gasteiger partial charge in [-0.25, -0.2) is 4.79 Å². The van der Waals surface area contributed by atoms with E-state index in [-0.39, 0.29) is 65.3 Å². The van der Waals surface area contributed by atoms with Gasteiger partial charge in [-0.2, -0.15) is 0 Å². The minimum Gasteiger partial charge on any atom is -0.480 e. The molecular formula is C29H45NO6. The van der Waals surface area contributed by atoms with E-state index in [1.807, 2.05) is 0 Å². The van der Waals surface area contributed by atoms with Crippen molar-refractivity contribution in [2.75, 3.05) is 0 Å². The second kappa shape index (κ2) is 10.3. The summed E-state index contributed by atoms with van der Waals surface area (Å²) in [7, 11) is 0. The number of hydrogen-bond acceptors (Lipinski definition) is 5. The Balaban J connectivity index is 1.45. The number of rotatable bonds is 7. The van der Waals surface area contributed by atoms with Crippen LogP contribution in [0, 0.1) is 58.7 Å². The van der Waals surface area contributed by atoms with Crippen molar-refractivity contribution in [3.63, 3.8) is 0 Å². The maximum absolute atomic E-state index is 12.5. The van der Waals surface area contributed by atoms with Crippen LogP contribution < -0.4 is 5.32 Å². The van der Waals surface area contributed by atoms with E-state index < -0.39 is 24.2 Å². The maximum Gasteiger partial charge on any atom is 0.327 e. The highest BCUT2D eigenvalue weighted by Crippen LogP contribution is 2.68. The highest BCUT2D eigenvalue weighted by molar-refractivity contribution is 5.83. The Morgan fingerprint density at radius 1 is 1.08 bits per heavy atom. The molecule has 1 unspecified atom stereocenters. The van der Waals surface area contributed by atoms with E-state index in [9.17, 15) is 30.0 Å². The lowest BCUT2D eigenvalue weighted by atomic mass is 9.43. The average molecular weight is 504 g/mol. The summed E-state index contributed by atoms with van der Waals surface area (Å²) in [6, 6.07) is -1.07. The Morgan fingerprint density at radius 3 is 2.47 bits per heavy atom. The first-order valence-electron chi connectivity index (χ1n) is 13.9. The zero-order valence-electron chi connectivity index (χ0n) is 22.0. The Kier molecular flexibility index (Phi) is 7.82. The van der Waals surface area contributed by atoms with E-state index in [1.165, 1.54) is 0 Å². The second-order valence-electron chi connectivity index (χ2n) is 12.9. The Morgan fingerprint density at radius 2 is 1.81 bits per heavy atom. The normalized spacial score (nSPS) is 45.4. The fourth-order valence-electron chi connectivity index (χ4n) is 9.28. The first-order chi connectivity index (χ1) is 16.9. The van der Waals surface area contributed by atoms with Gasteiger partial charge in [0, 0.05) is 12.8 Å². The zero-order chi connectivity index (χ0) is 26.4. The van der Waals surface area contributed by atoms with Gasteiger partial charge < -0.3 is 25.7 Å². The number of carbonyl (C=O) groups excluding carboxylic acids is 1. The van der Waals surface area contributed by atoms with Crippen LogP contribution in [-0.2, 0) is 9.59 Å². The van der Waals surface area contributed by atoms with Crippen LogP contribution in [-0.4, -0.2) is 56.7 Å². The number of terminal acetylenes is 1. The number of aliphatic hydroxyl groups excluding tert-OH is 3. The summed E-state index contributed by atoms with van der Waals surface area (Å²) >= 11 is 0. The Hall–Kier alpha value is -1.62. The van der Waals surface area contributed by atoms with Gasteiger partial charge >= 0.3 is 5.97 Å². The van der Waals surface area contributed by atoms with Gasteiger partial charge in [0.05, 0.1) is 18.3 Å². The lowest BCUT2D eigenvalue weighted by molar-refractivity contribution is -0.207. The summed E-state index contributed by atoms with van der Waals surface area (Å²) in [6.45, 7) is 6.67. The minimum absolute atomic E-state index is 0.0468. The van der Waals surface area contributed by atoms with Gasteiger partial charge in [-0.15, -0.1) is 12.3 Å². The van der Waals surface area contributed by atoms with Crippen molar-refractivity contribution in [3.05, 3.63) is 0 Å². The van der Waals surface area contributed by atoms with E-state index in [2.05, 4.69) is 32.0 Å². The highest BCUT2D eigenvalue weighted by Gasteiger charge is 2.65. The van der Waals surface area contributed by atoms with E-state index in [0.717, 1.165) is 38.5 Å². The molecule has 0 aromatic heterocycles. The minimum atomic E-state index is -1.13. The van der Waals surface area contributed by atoms with Crippen molar-refractivity contribution in [1.82, 2.24) is 5.32 Å². The molecule has 0 spiro atoms. The SMILES string of the molecule is C#CCC(NC(=O)CC[C@@H](C)[C@H]1CC[C@H]2[C@@H]3[C@H](O)C[C@@H]4C[C@H](O)CC[C@]4(C)[C@H]3C[C@H](O)[C@]12C)C(=O)O. The number of fused-ring (bicyclic) bond motifs is 5. The van der Waals surface area contributed by atoms with Crippen LogP contribution >= 0.6 is 0 Å². The Bertz CT molecular complexity index is 885. The van der Waals surface area contributed by atoms with Gasteiger partial charge in [0.15, 0.2) is 0 Å². The molecule has 4 rings (SSSR count). The van der Waals surface area contributed by atoms with E-state index in [4.69, 9.17) is 6.42 Å². The number of amides is 1. The van der Waals surface area contributed by atoms with E-state index >= 15 is 0 Å². The number of hydrogen-bond donors (Lipinski definition) is 5. The molecule has 202 valence electrons. The first kappa shape index (κ1) is 27.4. The maximum atomic E-state index is 12.5. The Labute approximate surface area is 215 Å². The third-order valence-electron chi connectivity index (χ3n) is 11.3. The summed E-state index contributed by atoms with van der Waals surface area (Å²) in [5.74, 6) is 2.23. The van der Waals surface area contributed by atoms with Gasteiger partial charge in [-0.05, 0) is 97.7 Å². The molecule has 4 saturated carbocycles.